The molecule has 8 heteroatoms. The zero-order valence-electron chi connectivity index (χ0n) is 15.7. The first-order chi connectivity index (χ1) is 13.6. The van der Waals surface area contributed by atoms with E-state index in [1.807, 2.05) is 37.4 Å². The van der Waals surface area contributed by atoms with Crippen LogP contribution in [0.4, 0.5) is 5.82 Å². The van der Waals surface area contributed by atoms with E-state index in [-0.39, 0.29) is 5.91 Å². The highest BCUT2D eigenvalue weighted by molar-refractivity contribution is 7.99. The zero-order valence-corrected chi connectivity index (χ0v) is 16.5. The molecule has 1 aromatic carbocycles. The van der Waals surface area contributed by atoms with Crippen molar-refractivity contribution in [3.63, 3.8) is 0 Å². The number of methoxy groups -OCH3 is 1. The summed E-state index contributed by atoms with van der Waals surface area (Å²) in [6.45, 7) is 1.68. The molecule has 2 N–H and O–H groups in total. The van der Waals surface area contributed by atoms with Gasteiger partial charge in [0.15, 0.2) is 5.69 Å². The van der Waals surface area contributed by atoms with Gasteiger partial charge in [0.25, 0.3) is 5.91 Å². The van der Waals surface area contributed by atoms with Crippen molar-refractivity contribution >= 4 is 23.5 Å². The summed E-state index contributed by atoms with van der Waals surface area (Å²) in [6, 6.07) is 11.6. The van der Waals surface area contributed by atoms with E-state index in [1.165, 1.54) is 0 Å². The van der Waals surface area contributed by atoms with Crippen LogP contribution in [-0.2, 0) is 13.0 Å². The molecule has 7 nitrogen and oxygen atoms in total. The summed E-state index contributed by atoms with van der Waals surface area (Å²) < 4.78 is 5.25. The number of carbonyl (C=O) groups is 1. The average Bonchev–Trinajstić information content (AvgIpc) is 3.13. The third-order valence-corrected chi connectivity index (χ3v) is 5.56. The molecule has 1 aliphatic rings. The number of amides is 1. The van der Waals surface area contributed by atoms with Crippen LogP contribution in [0.3, 0.4) is 0 Å². The second kappa shape index (κ2) is 8.04. The summed E-state index contributed by atoms with van der Waals surface area (Å²) in [5, 5.41) is 10.0. The average molecular weight is 395 g/mol. The van der Waals surface area contributed by atoms with Crippen molar-refractivity contribution in [2.75, 3.05) is 26.0 Å². The lowest BCUT2D eigenvalue weighted by molar-refractivity contribution is 0.102. The normalized spacial score (nSPS) is 13.8. The number of ether oxygens (including phenoxy) is 1. The minimum atomic E-state index is -0.242. The summed E-state index contributed by atoms with van der Waals surface area (Å²) >= 11 is 1.58. The second-order valence-corrected chi connectivity index (χ2v) is 7.78. The van der Waals surface area contributed by atoms with Gasteiger partial charge in [0.2, 0.25) is 0 Å². The number of fused-ring (bicyclic) bond motifs is 1. The van der Waals surface area contributed by atoms with Gasteiger partial charge in [0.05, 0.1) is 7.11 Å². The maximum absolute atomic E-state index is 12.6. The van der Waals surface area contributed by atoms with E-state index < -0.39 is 0 Å². The van der Waals surface area contributed by atoms with Gasteiger partial charge in [-0.1, -0.05) is 17.8 Å². The zero-order chi connectivity index (χ0) is 19.5. The van der Waals surface area contributed by atoms with Crippen molar-refractivity contribution < 1.29 is 9.53 Å². The van der Waals surface area contributed by atoms with Gasteiger partial charge in [-0.25, -0.2) is 4.98 Å². The highest BCUT2D eigenvalue weighted by atomic mass is 32.2. The van der Waals surface area contributed by atoms with Crippen molar-refractivity contribution in [3.8, 4) is 5.75 Å². The molecule has 0 saturated heterocycles. The number of pyridine rings is 1. The van der Waals surface area contributed by atoms with Crippen LogP contribution in [0.25, 0.3) is 0 Å². The Morgan fingerprint density at radius 2 is 2.18 bits per heavy atom. The molecule has 2 aromatic heterocycles. The SMILES string of the molecule is COc1cccc(Sc2ccc(NC(=O)c3n[nH]c4c3CN(C)CC4)nc2)c1. The third-order valence-electron chi connectivity index (χ3n) is 4.59. The van der Waals surface area contributed by atoms with Gasteiger partial charge in [0, 0.05) is 46.8 Å². The molecule has 1 aliphatic heterocycles. The molecule has 0 aliphatic carbocycles. The number of likely N-dealkylation sites (N-methyl/N-ethyl adjacent to an activating group) is 1. The molecule has 0 fully saturated rings. The number of rotatable bonds is 5. The maximum Gasteiger partial charge on any atom is 0.277 e. The number of H-pyrrole nitrogens is 1. The van der Waals surface area contributed by atoms with Crippen LogP contribution in [-0.4, -0.2) is 46.7 Å². The lowest BCUT2D eigenvalue weighted by Gasteiger charge is -2.22. The molecule has 4 rings (SSSR count). The Labute approximate surface area is 167 Å². The molecular weight excluding hydrogens is 374 g/mol. The first kappa shape index (κ1) is 18.5. The van der Waals surface area contributed by atoms with Crippen molar-refractivity contribution in [2.45, 2.75) is 22.8 Å². The number of aromatic nitrogens is 3. The van der Waals surface area contributed by atoms with Crippen LogP contribution in [0.15, 0.2) is 52.4 Å². The summed E-state index contributed by atoms with van der Waals surface area (Å²) in [6.07, 6.45) is 2.62. The van der Waals surface area contributed by atoms with E-state index in [0.29, 0.717) is 11.5 Å². The predicted octanol–water partition coefficient (Wildman–Crippen LogP) is 3.20. The van der Waals surface area contributed by atoms with Crippen LogP contribution in [0.5, 0.6) is 5.75 Å². The van der Waals surface area contributed by atoms with Crippen LogP contribution < -0.4 is 10.1 Å². The first-order valence-corrected chi connectivity index (χ1v) is 9.78. The van der Waals surface area contributed by atoms with Crippen molar-refractivity contribution in [1.82, 2.24) is 20.1 Å². The topological polar surface area (TPSA) is 83.1 Å². The number of nitrogens with zero attached hydrogens (tertiary/aromatic N) is 3. The van der Waals surface area contributed by atoms with E-state index >= 15 is 0 Å². The Bertz CT molecular complexity index is 987. The Hall–Kier alpha value is -2.84. The lowest BCUT2D eigenvalue weighted by atomic mass is 10.1. The fourth-order valence-corrected chi connectivity index (χ4v) is 3.94. The van der Waals surface area contributed by atoms with E-state index in [4.69, 9.17) is 4.74 Å². The molecule has 28 heavy (non-hydrogen) atoms. The molecule has 0 bridgehead atoms. The number of aromatic amines is 1. The maximum atomic E-state index is 12.6. The predicted molar refractivity (Wildman–Crippen MR) is 108 cm³/mol. The number of hydrogen-bond acceptors (Lipinski definition) is 6. The van der Waals surface area contributed by atoms with Crippen LogP contribution in [0.1, 0.15) is 21.7 Å². The van der Waals surface area contributed by atoms with Gasteiger partial charge in [-0.15, -0.1) is 0 Å². The molecule has 0 radical (unpaired) electrons. The molecule has 0 unspecified atom stereocenters. The molecule has 3 aromatic rings. The van der Waals surface area contributed by atoms with Gasteiger partial charge in [0.1, 0.15) is 11.6 Å². The summed E-state index contributed by atoms with van der Waals surface area (Å²) in [7, 11) is 3.69. The van der Waals surface area contributed by atoms with Crippen molar-refractivity contribution in [1.29, 1.82) is 0 Å². The number of benzene rings is 1. The number of anilines is 1. The minimum Gasteiger partial charge on any atom is -0.497 e. The van der Waals surface area contributed by atoms with Gasteiger partial charge in [-0.3, -0.25) is 9.89 Å². The molecule has 0 atom stereocenters. The fraction of sp³-hybridized carbons (Fsp3) is 0.250. The van der Waals surface area contributed by atoms with Gasteiger partial charge in [-0.05, 0) is 37.4 Å². The van der Waals surface area contributed by atoms with Gasteiger partial charge in [-0.2, -0.15) is 5.10 Å². The van der Waals surface area contributed by atoms with E-state index in [9.17, 15) is 4.79 Å². The second-order valence-electron chi connectivity index (χ2n) is 6.63. The summed E-state index contributed by atoms with van der Waals surface area (Å²) in [4.78, 5) is 21.2. The third kappa shape index (κ3) is 4.02. The van der Waals surface area contributed by atoms with E-state index in [0.717, 1.165) is 46.3 Å². The standard InChI is InChI=1S/C20H21N5O2S/c1-25-9-8-17-16(12-25)19(24-23-17)20(26)22-18-7-6-15(11-21-18)28-14-5-3-4-13(10-14)27-2/h3-7,10-11H,8-9,12H2,1-2H3,(H,23,24)(H,21,22,26). The molecule has 3 heterocycles. The van der Waals surface area contributed by atoms with Gasteiger partial charge >= 0.3 is 0 Å². The first-order valence-electron chi connectivity index (χ1n) is 8.96. The molecule has 144 valence electrons. The summed E-state index contributed by atoms with van der Waals surface area (Å²) in [5.41, 5.74) is 2.45. The van der Waals surface area contributed by atoms with E-state index in [1.54, 1.807) is 31.1 Å². The smallest absolute Gasteiger partial charge is 0.277 e. The Morgan fingerprint density at radius 1 is 1.29 bits per heavy atom. The van der Waals surface area contributed by atoms with Gasteiger partial charge < -0.3 is 15.0 Å². The Kier molecular flexibility index (Phi) is 5.31. The molecule has 1 amide bonds. The van der Waals surface area contributed by atoms with Crippen LogP contribution in [0, 0.1) is 0 Å². The molecule has 0 saturated carbocycles. The Morgan fingerprint density at radius 3 is 2.96 bits per heavy atom. The van der Waals surface area contributed by atoms with Crippen molar-refractivity contribution in [3.05, 3.63) is 59.5 Å². The number of carbonyl (C=O) groups excluding carboxylic acids is 1. The number of hydrogen-bond donors (Lipinski definition) is 2. The minimum absolute atomic E-state index is 0.242. The van der Waals surface area contributed by atoms with Crippen molar-refractivity contribution in [2.24, 2.45) is 0 Å². The number of nitrogens with one attached hydrogen (secondary N) is 2. The lowest BCUT2D eigenvalue weighted by Crippen LogP contribution is -2.27. The monoisotopic (exact) mass is 395 g/mol. The fourth-order valence-electron chi connectivity index (χ4n) is 3.11. The molecular formula is C20H21N5O2S. The quantitative estimate of drug-likeness (QED) is 0.690. The Balaban J connectivity index is 1.43. The molecule has 0 spiro atoms. The van der Waals surface area contributed by atoms with Crippen LogP contribution >= 0.6 is 11.8 Å². The summed E-state index contributed by atoms with van der Waals surface area (Å²) in [5.74, 6) is 1.07. The highest BCUT2D eigenvalue weighted by Gasteiger charge is 2.24. The highest BCUT2D eigenvalue weighted by Crippen LogP contribution is 2.30. The van der Waals surface area contributed by atoms with E-state index in [2.05, 4.69) is 25.4 Å². The largest absolute Gasteiger partial charge is 0.497 e. The van der Waals surface area contributed by atoms with Crippen LogP contribution in [0.2, 0.25) is 0 Å².